The molecule has 4 nitrogen and oxygen atoms in total. The fraction of sp³-hybridized carbons (Fsp3) is 0.364. The monoisotopic (exact) mass is 210 g/mol. The first-order valence-corrected chi connectivity index (χ1v) is 4.89. The predicted octanol–water partition coefficient (Wildman–Crippen LogP) is 1.76. The van der Waals surface area contributed by atoms with Gasteiger partial charge in [-0.3, -0.25) is 0 Å². The summed E-state index contributed by atoms with van der Waals surface area (Å²) in [5.74, 6) is 0.431. The zero-order chi connectivity index (χ0) is 11.7. The van der Waals surface area contributed by atoms with Gasteiger partial charge in [0.05, 0.1) is 0 Å². The second-order valence-corrected chi connectivity index (χ2v) is 3.13. The smallest absolute Gasteiger partial charge is 0.309 e. The largest absolute Gasteiger partial charge is 0.508 e. The third-order valence-electron chi connectivity index (χ3n) is 1.79. The number of carbonyl (C=O) groups is 1. The topological polar surface area (TPSA) is 89.3 Å². The molecule has 84 valence electrons. The molecule has 1 rings (SSSR count). The van der Waals surface area contributed by atoms with Crippen LogP contribution in [0.3, 0.4) is 0 Å². The van der Waals surface area contributed by atoms with Gasteiger partial charge in [-0.25, -0.2) is 4.79 Å². The molecule has 4 heteroatoms. The number of rotatable bonds is 3. The van der Waals surface area contributed by atoms with Crippen molar-refractivity contribution in [2.45, 2.75) is 26.2 Å². The maximum absolute atomic E-state index is 9.34. The van der Waals surface area contributed by atoms with Gasteiger partial charge in [-0.05, 0) is 24.5 Å². The molecular formula is C11H18N2O2. The standard InChI is InChI=1S/C10H14O.CH4N2O/c1-2-3-6-9-7-4-5-8-10(9)11;2-1(3)4/h4-5,7-8,11H,2-3,6H2,1H3;(H4,2,3,4). The number of unbranched alkanes of at least 4 members (excludes halogenated alkanes) is 1. The number of para-hydroxylation sites is 1. The Morgan fingerprint density at radius 3 is 2.33 bits per heavy atom. The molecule has 0 aliphatic rings. The highest BCUT2D eigenvalue weighted by atomic mass is 16.3. The summed E-state index contributed by atoms with van der Waals surface area (Å²) in [6.07, 6.45) is 3.31. The Morgan fingerprint density at radius 1 is 1.33 bits per heavy atom. The lowest BCUT2D eigenvalue weighted by molar-refractivity contribution is 0.256. The van der Waals surface area contributed by atoms with E-state index in [1.54, 1.807) is 6.07 Å². The molecule has 0 unspecified atom stereocenters. The van der Waals surface area contributed by atoms with Crippen molar-refractivity contribution in [3.8, 4) is 5.75 Å². The van der Waals surface area contributed by atoms with E-state index in [-0.39, 0.29) is 0 Å². The summed E-state index contributed by atoms with van der Waals surface area (Å²) in [5, 5.41) is 9.34. The first-order chi connectivity index (χ1) is 7.07. The van der Waals surface area contributed by atoms with Crippen LogP contribution < -0.4 is 11.5 Å². The first-order valence-electron chi connectivity index (χ1n) is 4.89. The molecule has 2 amide bonds. The lowest BCUT2D eigenvalue weighted by Gasteiger charge is -2.01. The molecule has 0 spiro atoms. The highest BCUT2D eigenvalue weighted by molar-refractivity contribution is 5.69. The number of urea groups is 1. The maximum Gasteiger partial charge on any atom is 0.309 e. The van der Waals surface area contributed by atoms with E-state index in [4.69, 9.17) is 4.79 Å². The third kappa shape index (κ3) is 7.37. The minimum Gasteiger partial charge on any atom is -0.508 e. The van der Waals surface area contributed by atoms with E-state index in [9.17, 15) is 5.11 Å². The number of hydrogen-bond donors (Lipinski definition) is 3. The number of amides is 2. The van der Waals surface area contributed by atoms with E-state index in [0.29, 0.717) is 5.75 Å². The molecule has 1 aromatic rings. The maximum atomic E-state index is 9.34. The molecule has 0 aliphatic carbocycles. The number of nitrogens with two attached hydrogens (primary N) is 2. The first kappa shape index (κ1) is 13.3. The molecule has 5 N–H and O–H groups in total. The Morgan fingerprint density at radius 2 is 1.87 bits per heavy atom. The Labute approximate surface area is 89.9 Å². The van der Waals surface area contributed by atoms with E-state index in [1.807, 2.05) is 18.2 Å². The van der Waals surface area contributed by atoms with Crippen molar-refractivity contribution in [3.05, 3.63) is 29.8 Å². The van der Waals surface area contributed by atoms with Gasteiger partial charge in [0.25, 0.3) is 0 Å². The van der Waals surface area contributed by atoms with Crippen LogP contribution in [0.5, 0.6) is 5.75 Å². The average Bonchev–Trinajstić information content (AvgIpc) is 2.16. The Hall–Kier alpha value is -1.71. The minimum atomic E-state index is -0.833. The van der Waals surface area contributed by atoms with Crippen molar-refractivity contribution in [1.82, 2.24) is 0 Å². The average molecular weight is 210 g/mol. The molecule has 1 aromatic carbocycles. The van der Waals surface area contributed by atoms with E-state index < -0.39 is 6.03 Å². The SMILES string of the molecule is CCCCc1ccccc1O.NC(N)=O. The Balaban J connectivity index is 0.000000423. The minimum absolute atomic E-state index is 0.431. The Kier molecular flexibility index (Phi) is 6.80. The number of benzene rings is 1. The van der Waals surface area contributed by atoms with E-state index >= 15 is 0 Å². The molecule has 0 bridgehead atoms. The van der Waals surface area contributed by atoms with Gasteiger partial charge >= 0.3 is 6.03 Å². The zero-order valence-electron chi connectivity index (χ0n) is 8.94. The van der Waals surface area contributed by atoms with Crippen LogP contribution in [0, 0.1) is 0 Å². The van der Waals surface area contributed by atoms with E-state index in [1.165, 1.54) is 6.42 Å². The lowest BCUT2D eigenvalue weighted by atomic mass is 10.1. The summed E-state index contributed by atoms with van der Waals surface area (Å²) in [5.41, 5.74) is 9.56. The highest BCUT2D eigenvalue weighted by Crippen LogP contribution is 2.17. The molecule has 0 saturated heterocycles. The van der Waals surface area contributed by atoms with Gasteiger partial charge in [0, 0.05) is 0 Å². The summed E-state index contributed by atoms with van der Waals surface area (Å²) in [6, 6.07) is 6.70. The lowest BCUT2D eigenvalue weighted by Crippen LogP contribution is -2.18. The quantitative estimate of drug-likeness (QED) is 0.709. The summed E-state index contributed by atoms with van der Waals surface area (Å²) >= 11 is 0. The van der Waals surface area contributed by atoms with Crippen LogP contribution in [0.2, 0.25) is 0 Å². The van der Waals surface area contributed by atoms with Crippen LogP contribution in [0.4, 0.5) is 4.79 Å². The molecule has 0 saturated carbocycles. The number of aromatic hydroxyl groups is 1. The molecule has 0 heterocycles. The number of phenols is 1. The van der Waals surface area contributed by atoms with Gasteiger partial charge in [0.2, 0.25) is 0 Å². The third-order valence-corrected chi connectivity index (χ3v) is 1.79. The molecule has 15 heavy (non-hydrogen) atoms. The summed E-state index contributed by atoms with van der Waals surface area (Å²) < 4.78 is 0. The zero-order valence-corrected chi connectivity index (χ0v) is 8.94. The van der Waals surface area contributed by atoms with Crippen LogP contribution >= 0.6 is 0 Å². The van der Waals surface area contributed by atoms with Crippen LogP contribution in [0.1, 0.15) is 25.3 Å². The second-order valence-electron chi connectivity index (χ2n) is 3.13. The van der Waals surface area contributed by atoms with Gasteiger partial charge in [0.15, 0.2) is 0 Å². The van der Waals surface area contributed by atoms with Crippen molar-refractivity contribution >= 4 is 6.03 Å². The van der Waals surface area contributed by atoms with Gasteiger partial charge < -0.3 is 16.6 Å². The van der Waals surface area contributed by atoms with Crippen molar-refractivity contribution in [3.63, 3.8) is 0 Å². The van der Waals surface area contributed by atoms with Crippen molar-refractivity contribution in [2.75, 3.05) is 0 Å². The van der Waals surface area contributed by atoms with E-state index in [0.717, 1.165) is 18.4 Å². The van der Waals surface area contributed by atoms with Crippen molar-refractivity contribution in [2.24, 2.45) is 11.5 Å². The van der Waals surface area contributed by atoms with Gasteiger partial charge in [-0.15, -0.1) is 0 Å². The normalized spacial score (nSPS) is 8.87. The molecule has 0 aliphatic heterocycles. The van der Waals surface area contributed by atoms with Crippen LogP contribution in [-0.2, 0) is 6.42 Å². The summed E-state index contributed by atoms with van der Waals surface area (Å²) in [6.45, 7) is 2.15. The number of phenolic OH excluding ortho intramolecular Hbond substituents is 1. The van der Waals surface area contributed by atoms with Crippen molar-refractivity contribution in [1.29, 1.82) is 0 Å². The van der Waals surface area contributed by atoms with Gasteiger partial charge in [0.1, 0.15) is 5.75 Å². The molecular weight excluding hydrogens is 192 g/mol. The summed E-state index contributed by atoms with van der Waals surface area (Å²) in [7, 11) is 0. The molecule has 0 radical (unpaired) electrons. The number of carbonyl (C=O) groups excluding carboxylic acids is 1. The van der Waals surface area contributed by atoms with Crippen LogP contribution in [0.25, 0.3) is 0 Å². The van der Waals surface area contributed by atoms with Crippen LogP contribution in [-0.4, -0.2) is 11.1 Å². The van der Waals surface area contributed by atoms with Gasteiger partial charge in [-0.2, -0.15) is 0 Å². The fourth-order valence-corrected chi connectivity index (χ4v) is 1.09. The van der Waals surface area contributed by atoms with Gasteiger partial charge in [-0.1, -0.05) is 31.5 Å². The summed E-state index contributed by atoms with van der Waals surface area (Å²) in [4.78, 5) is 9.00. The molecule has 0 aromatic heterocycles. The van der Waals surface area contributed by atoms with Crippen molar-refractivity contribution < 1.29 is 9.90 Å². The fourth-order valence-electron chi connectivity index (χ4n) is 1.09. The number of hydrogen-bond acceptors (Lipinski definition) is 2. The predicted molar refractivity (Wildman–Crippen MR) is 60.5 cm³/mol. The van der Waals surface area contributed by atoms with Crippen LogP contribution in [0.15, 0.2) is 24.3 Å². The second kappa shape index (κ2) is 7.67. The number of aryl methyl sites for hydroxylation is 1. The van der Waals surface area contributed by atoms with E-state index in [2.05, 4.69) is 18.4 Å². The Bertz CT molecular complexity index is 296. The number of primary amides is 2. The molecule has 0 fully saturated rings. The highest BCUT2D eigenvalue weighted by Gasteiger charge is 1.96. The molecule has 0 atom stereocenters.